The van der Waals surface area contributed by atoms with Gasteiger partial charge in [-0.25, -0.2) is 4.79 Å². The Morgan fingerprint density at radius 1 is 1.43 bits per heavy atom. The van der Waals surface area contributed by atoms with Crippen molar-refractivity contribution in [2.24, 2.45) is 5.92 Å². The molecule has 0 aromatic carbocycles. The second kappa shape index (κ2) is 5.62. The third-order valence-electron chi connectivity index (χ3n) is 2.79. The zero-order chi connectivity index (χ0) is 10.4. The van der Waals surface area contributed by atoms with E-state index in [-0.39, 0.29) is 0 Å². The molecule has 1 saturated carbocycles. The second-order valence-corrected chi connectivity index (χ2v) is 3.93. The number of hydrogen-bond donors (Lipinski definition) is 2. The fourth-order valence-electron chi connectivity index (χ4n) is 2.09. The zero-order valence-corrected chi connectivity index (χ0v) is 8.24. The van der Waals surface area contributed by atoms with Crippen LogP contribution >= 0.6 is 0 Å². The Morgan fingerprint density at radius 3 is 2.57 bits per heavy atom. The second-order valence-electron chi connectivity index (χ2n) is 3.93. The van der Waals surface area contributed by atoms with Gasteiger partial charge in [-0.1, -0.05) is 32.1 Å². The largest absolute Gasteiger partial charge is 0.465 e. The Kier molecular flexibility index (Phi) is 4.43. The molecule has 0 bridgehead atoms. The molecule has 0 aliphatic heterocycles. The summed E-state index contributed by atoms with van der Waals surface area (Å²) in [5, 5.41) is 10.7. The van der Waals surface area contributed by atoms with Crippen LogP contribution in [0.5, 0.6) is 0 Å². The van der Waals surface area contributed by atoms with E-state index in [2.05, 4.69) is 5.32 Å². The Morgan fingerprint density at radius 2 is 2.07 bits per heavy atom. The number of carbonyl (C=O) groups is 2. The van der Waals surface area contributed by atoms with Crippen molar-refractivity contribution in [3.8, 4) is 0 Å². The van der Waals surface area contributed by atoms with Gasteiger partial charge in [-0.3, -0.25) is 0 Å². The monoisotopic (exact) mass is 199 g/mol. The number of nitrogens with one attached hydrogen (secondary N) is 1. The average molecular weight is 199 g/mol. The predicted octanol–water partition coefficient (Wildman–Crippen LogP) is 1.79. The minimum absolute atomic E-state index is 0.518. The Hall–Kier alpha value is -1.06. The molecule has 2 N–H and O–H groups in total. The first-order chi connectivity index (χ1) is 6.72. The van der Waals surface area contributed by atoms with Crippen molar-refractivity contribution < 1.29 is 14.7 Å². The van der Waals surface area contributed by atoms with E-state index in [4.69, 9.17) is 5.11 Å². The fraction of sp³-hybridized carbons (Fsp3) is 0.800. The molecule has 0 radical (unpaired) electrons. The van der Waals surface area contributed by atoms with Crippen molar-refractivity contribution in [2.45, 2.75) is 44.6 Å². The summed E-state index contributed by atoms with van der Waals surface area (Å²) in [6, 6.07) is -0.518. The van der Waals surface area contributed by atoms with E-state index in [1.807, 2.05) is 0 Å². The molecule has 0 heterocycles. The summed E-state index contributed by atoms with van der Waals surface area (Å²) < 4.78 is 0. The van der Waals surface area contributed by atoms with E-state index in [0.717, 1.165) is 12.8 Å². The summed E-state index contributed by atoms with van der Waals surface area (Å²) in [7, 11) is 0. The fourth-order valence-corrected chi connectivity index (χ4v) is 2.09. The Balaban J connectivity index is 2.30. The first-order valence-corrected chi connectivity index (χ1v) is 5.17. The average Bonchev–Trinajstić information content (AvgIpc) is 2.17. The van der Waals surface area contributed by atoms with Crippen molar-refractivity contribution in [1.29, 1.82) is 0 Å². The minimum Gasteiger partial charge on any atom is -0.465 e. The van der Waals surface area contributed by atoms with Crippen LogP contribution < -0.4 is 5.32 Å². The van der Waals surface area contributed by atoms with E-state index in [9.17, 15) is 9.59 Å². The molecule has 0 aromatic heterocycles. The van der Waals surface area contributed by atoms with Crippen molar-refractivity contribution in [1.82, 2.24) is 5.32 Å². The zero-order valence-electron chi connectivity index (χ0n) is 8.24. The van der Waals surface area contributed by atoms with Gasteiger partial charge in [0.25, 0.3) is 0 Å². The van der Waals surface area contributed by atoms with Crippen molar-refractivity contribution in [3.63, 3.8) is 0 Å². The van der Waals surface area contributed by atoms with Crippen LogP contribution in [0.2, 0.25) is 0 Å². The van der Waals surface area contributed by atoms with Crippen LogP contribution in [0.25, 0.3) is 0 Å². The number of hydrogen-bond acceptors (Lipinski definition) is 2. The minimum atomic E-state index is -1.11. The van der Waals surface area contributed by atoms with Gasteiger partial charge in [-0.15, -0.1) is 0 Å². The van der Waals surface area contributed by atoms with Gasteiger partial charge >= 0.3 is 6.09 Å². The molecule has 0 saturated heterocycles. The number of carbonyl (C=O) groups excluding carboxylic acids is 1. The highest BCUT2D eigenvalue weighted by Crippen LogP contribution is 2.26. The van der Waals surface area contributed by atoms with Gasteiger partial charge in [-0.2, -0.15) is 0 Å². The van der Waals surface area contributed by atoms with Crippen LogP contribution in [-0.4, -0.2) is 23.5 Å². The molecule has 0 aromatic rings. The van der Waals surface area contributed by atoms with Gasteiger partial charge in [0.2, 0.25) is 0 Å². The molecule has 1 rings (SSSR count). The lowest BCUT2D eigenvalue weighted by molar-refractivity contribution is -0.109. The van der Waals surface area contributed by atoms with E-state index >= 15 is 0 Å². The quantitative estimate of drug-likeness (QED) is 0.678. The normalized spacial score (nSPS) is 20.0. The summed E-state index contributed by atoms with van der Waals surface area (Å²) in [5.74, 6) is 0.519. The summed E-state index contributed by atoms with van der Waals surface area (Å²) >= 11 is 0. The van der Waals surface area contributed by atoms with Crippen LogP contribution in [-0.2, 0) is 4.79 Å². The van der Waals surface area contributed by atoms with Gasteiger partial charge in [0.05, 0.1) is 6.04 Å². The van der Waals surface area contributed by atoms with Crippen LogP contribution in [0.1, 0.15) is 38.5 Å². The maximum absolute atomic E-state index is 10.6. The molecule has 1 aliphatic carbocycles. The SMILES string of the molecule is O=C[C@@H](CC1CCCCC1)NC(=O)O. The Labute approximate surface area is 83.7 Å². The van der Waals surface area contributed by atoms with E-state index in [0.29, 0.717) is 18.6 Å². The van der Waals surface area contributed by atoms with Gasteiger partial charge in [0.1, 0.15) is 6.29 Å². The molecule has 1 fully saturated rings. The first-order valence-electron chi connectivity index (χ1n) is 5.17. The van der Waals surface area contributed by atoms with Gasteiger partial charge in [-0.05, 0) is 12.3 Å². The maximum Gasteiger partial charge on any atom is 0.405 e. The molecule has 4 heteroatoms. The summed E-state index contributed by atoms with van der Waals surface area (Å²) in [5.41, 5.74) is 0. The van der Waals surface area contributed by atoms with E-state index < -0.39 is 12.1 Å². The van der Waals surface area contributed by atoms with E-state index in [1.165, 1.54) is 19.3 Å². The third-order valence-corrected chi connectivity index (χ3v) is 2.79. The van der Waals surface area contributed by atoms with Crippen molar-refractivity contribution in [3.05, 3.63) is 0 Å². The molecular weight excluding hydrogens is 182 g/mol. The van der Waals surface area contributed by atoms with Crippen molar-refractivity contribution >= 4 is 12.4 Å². The first kappa shape index (κ1) is 11.0. The molecule has 4 nitrogen and oxygen atoms in total. The van der Waals surface area contributed by atoms with Crippen LogP contribution in [0.4, 0.5) is 4.79 Å². The number of amides is 1. The van der Waals surface area contributed by atoms with Crippen LogP contribution in [0.15, 0.2) is 0 Å². The molecular formula is C10H17NO3. The lowest BCUT2D eigenvalue weighted by Crippen LogP contribution is -2.36. The summed E-state index contributed by atoms with van der Waals surface area (Å²) in [4.78, 5) is 20.9. The number of carboxylic acid groups (broad SMARTS) is 1. The molecule has 0 unspecified atom stereocenters. The molecule has 1 amide bonds. The predicted molar refractivity (Wildman–Crippen MR) is 52.2 cm³/mol. The highest BCUT2D eigenvalue weighted by atomic mass is 16.4. The van der Waals surface area contributed by atoms with Crippen molar-refractivity contribution in [2.75, 3.05) is 0 Å². The van der Waals surface area contributed by atoms with Gasteiger partial charge in [0.15, 0.2) is 0 Å². The van der Waals surface area contributed by atoms with Crippen LogP contribution in [0, 0.1) is 5.92 Å². The Bertz CT molecular complexity index is 200. The number of rotatable bonds is 4. The number of aldehydes is 1. The van der Waals surface area contributed by atoms with Gasteiger partial charge < -0.3 is 15.2 Å². The van der Waals surface area contributed by atoms with E-state index in [1.54, 1.807) is 0 Å². The lowest BCUT2D eigenvalue weighted by Gasteiger charge is -2.23. The molecule has 14 heavy (non-hydrogen) atoms. The highest BCUT2D eigenvalue weighted by Gasteiger charge is 2.19. The van der Waals surface area contributed by atoms with Gasteiger partial charge in [0, 0.05) is 0 Å². The summed E-state index contributed by atoms with van der Waals surface area (Å²) in [6.45, 7) is 0. The van der Waals surface area contributed by atoms with Crippen LogP contribution in [0.3, 0.4) is 0 Å². The molecule has 80 valence electrons. The molecule has 1 aliphatic rings. The highest BCUT2D eigenvalue weighted by molar-refractivity contribution is 5.71. The molecule has 1 atom stereocenters. The third kappa shape index (κ3) is 3.77. The maximum atomic E-state index is 10.6. The topological polar surface area (TPSA) is 66.4 Å². The molecule has 0 spiro atoms. The smallest absolute Gasteiger partial charge is 0.405 e. The lowest BCUT2D eigenvalue weighted by atomic mass is 9.85. The summed E-state index contributed by atoms with van der Waals surface area (Å²) in [6.07, 6.45) is 6.20. The standard InChI is InChI=1S/C10H17NO3/c12-7-9(11-10(13)14)6-8-4-2-1-3-5-8/h7-9,11H,1-6H2,(H,13,14)/t9-/m1/s1.